The molecule has 9 nitrogen and oxygen atoms in total. The number of rotatable bonds is 9. The normalized spacial score (nSPS) is 12.1. The predicted octanol–water partition coefficient (Wildman–Crippen LogP) is 2.22. The van der Waals surface area contributed by atoms with Crippen LogP contribution < -0.4 is 5.32 Å². The third kappa shape index (κ3) is 4.26. The molecule has 0 saturated carbocycles. The molecule has 9 heteroatoms. The number of carbonyl (C=O) groups excluding carboxylic acids is 1. The maximum atomic E-state index is 12.8. The van der Waals surface area contributed by atoms with Gasteiger partial charge in [0.2, 0.25) is 0 Å². The number of furan rings is 1. The summed E-state index contributed by atoms with van der Waals surface area (Å²) in [4.78, 5) is 21.5. The molecule has 0 aliphatic heterocycles. The fourth-order valence-electron chi connectivity index (χ4n) is 2.75. The van der Waals surface area contributed by atoms with Crippen molar-refractivity contribution in [1.82, 2.24) is 25.1 Å². The van der Waals surface area contributed by atoms with Gasteiger partial charge in [0.15, 0.2) is 5.76 Å². The zero-order chi connectivity index (χ0) is 19.9. The average Bonchev–Trinajstić information content (AvgIpc) is 3.38. The number of nitrogens with zero attached hydrogens (tertiary/aromatic N) is 4. The second-order valence-corrected chi connectivity index (χ2v) is 6.10. The van der Waals surface area contributed by atoms with Crippen LogP contribution in [0, 0.1) is 0 Å². The van der Waals surface area contributed by atoms with Gasteiger partial charge < -0.3 is 19.2 Å². The van der Waals surface area contributed by atoms with Crippen molar-refractivity contribution in [1.29, 1.82) is 0 Å². The molecule has 0 fully saturated rings. The van der Waals surface area contributed by atoms with Crippen LogP contribution in [0.1, 0.15) is 29.4 Å². The zero-order valence-corrected chi connectivity index (χ0v) is 16.1. The molecule has 0 aliphatic carbocycles. The highest BCUT2D eigenvalue weighted by Crippen LogP contribution is 2.19. The van der Waals surface area contributed by atoms with Crippen molar-refractivity contribution in [3.8, 4) is 17.4 Å². The van der Waals surface area contributed by atoms with E-state index in [4.69, 9.17) is 13.9 Å². The molecule has 1 atom stereocenters. The minimum absolute atomic E-state index is 0.0882. The van der Waals surface area contributed by atoms with Crippen LogP contribution in [0.5, 0.6) is 0 Å². The van der Waals surface area contributed by atoms with E-state index in [1.807, 2.05) is 13.0 Å². The minimum atomic E-state index is -0.246. The molecule has 0 aromatic carbocycles. The molecule has 0 bridgehead atoms. The number of carbonyl (C=O) groups is 1. The first-order valence-corrected chi connectivity index (χ1v) is 8.90. The molecule has 1 N–H and O–H groups in total. The van der Waals surface area contributed by atoms with Crippen molar-refractivity contribution >= 4 is 5.91 Å². The van der Waals surface area contributed by atoms with Crippen LogP contribution in [0.4, 0.5) is 0 Å². The SMILES string of the molecule is CCC(COC)NC(=O)c1cnn(-c2nccc(-c3ccco3)n2)c1COC. The Balaban J connectivity index is 1.93. The Hall–Kier alpha value is -3.04. The summed E-state index contributed by atoms with van der Waals surface area (Å²) in [5.74, 6) is 0.695. The van der Waals surface area contributed by atoms with E-state index < -0.39 is 0 Å². The molecule has 0 spiro atoms. The summed E-state index contributed by atoms with van der Waals surface area (Å²) in [6.45, 7) is 2.60. The fraction of sp³-hybridized carbons (Fsp3) is 0.368. The van der Waals surface area contributed by atoms with Gasteiger partial charge in [0, 0.05) is 20.4 Å². The van der Waals surface area contributed by atoms with Gasteiger partial charge in [0.05, 0.1) is 43.0 Å². The Bertz CT molecular complexity index is 907. The maximum absolute atomic E-state index is 12.8. The van der Waals surface area contributed by atoms with Crippen LogP contribution in [0.25, 0.3) is 17.4 Å². The standard InChI is InChI=1S/C19H23N5O4/c1-4-13(11-26-2)22-18(25)14-10-21-24(16(14)12-27-3)19-20-8-7-15(23-19)17-6-5-9-28-17/h5-10,13H,4,11-12H2,1-3H3,(H,22,25). The summed E-state index contributed by atoms with van der Waals surface area (Å²) in [7, 11) is 3.16. The largest absolute Gasteiger partial charge is 0.463 e. The van der Waals surface area contributed by atoms with Crippen molar-refractivity contribution < 1.29 is 18.7 Å². The lowest BCUT2D eigenvalue weighted by atomic mass is 10.2. The third-order valence-corrected chi connectivity index (χ3v) is 4.20. The van der Waals surface area contributed by atoms with Gasteiger partial charge in [-0.15, -0.1) is 0 Å². The van der Waals surface area contributed by atoms with E-state index in [0.717, 1.165) is 6.42 Å². The lowest BCUT2D eigenvalue weighted by molar-refractivity contribution is 0.0889. The number of nitrogens with one attached hydrogen (secondary N) is 1. The number of hydrogen-bond acceptors (Lipinski definition) is 7. The monoisotopic (exact) mass is 385 g/mol. The van der Waals surface area contributed by atoms with Crippen molar-refractivity contribution in [2.24, 2.45) is 0 Å². The highest BCUT2D eigenvalue weighted by molar-refractivity contribution is 5.95. The average molecular weight is 385 g/mol. The summed E-state index contributed by atoms with van der Waals surface area (Å²) in [6.07, 6.45) is 5.44. The summed E-state index contributed by atoms with van der Waals surface area (Å²) in [6, 6.07) is 5.25. The highest BCUT2D eigenvalue weighted by Gasteiger charge is 2.22. The lowest BCUT2D eigenvalue weighted by Crippen LogP contribution is -2.37. The van der Waals surface area contributed by atoms with Crippen LogP contribution in [0.2, 0.25) is 0 Å². The Morgan fingerprint density at radius 2 is 2.18 bits per heavy atom. The Morgan fingerprint density at radius 1 is 1.32 bits per heavy atom. The molecule has 28 heavy (non-hydrogen) atoms. The summed E-state index contributed by atoms with van der Waals surface area (Å²) < 4.78 is 17.3. The van der Waals surface area contributed by atoms with E-state index in [-0.39, 0.29) is 18.6 Å². The second-order valence-electron chi connectivity index (χ2n) is 6.10. The van der Waals surface area contributed by atoms with Crippen molar-refractivity contribution in [3.05, 3.63) is 48.1 Å². The number of amides is 1. The van der Waals surface area contributed by atoms with E-state index in [1.54, 1.807) is 38.8 Å². The number of aromatic nitrogens is 4. The van der Waals surface area contributed by atoms with Crippen LogP contribution in [0.3, 0.4) is 0 Å². The van der Waals surface area contributed by atoms with Crippen LogP contribution in [-0.4, -0.2) is 52.5 Å². The molecule has 3 heterocycles. The smallest absolute Gasteiger partial charge is 0.255 e. The molecule has 1 unspecified atom stereocenters. The molecule has 3 aromatic heterocycles. The maximum Gasteiger partial charge on any atom is 0.255 e. The van der Waals surface area contributed by atoms with E-state index in [2.05, 4.69) is 20.4 Å². The second kappa shape index (κ2) is 9.25. The topological polar surface area (TPSA) is 104 Å². The van der Waals surface area contributed by atoms with Crippen molar-refractivity contribution in [2.75, 3.05) is 20.8 Å². The van der Waals surface area contributed by atoms with Crippen molar-refractivity contribution in [2.45, 2.75) is 26.0 Å². The Labute approximate surface area is 162 Å². The minimum Gasteiger partial charge on any atom is -0.463 e. The first-order valence-electron chi connectivity index (χ1n) is 8.90. The van der Waals surface area contributed by atoms with Crippen molar-refractivity contribution in [3.63, 3.8) is 0 Å². The van der Waals surface area contributed by atoms with Gasteiger partial charge in [-0.3, -0.25) is 4.79 Å². The third-order valence-electron chi connectivity index (χ3n) is 4.20. The van der Waals surface area contributed by atoms with Gasteiger partial charge >= 0.3 is 0 Å². The lowest BCUT2D eigenvalue weighted by Gasteiger charge is -2.16. The summed E-state index contributed by atoms with van der Waals surface area (Å²) in [5, 5.41) is 7.27. The molecule has 3 rings (SSSR count). The van der Waals surface area contributed by atoms with Gasteiger partial charge in [0.25, 0.3) is 11.9 Å². The van der Waals surface area contributed by atoms with E-state index in [0.29, 0.717) is 35.3 Å². The quantitative estimate of drug-likeness (QED) is 0.602. The first kappa shape index (κ1) is 19.7. The van der Waals surface area contributed by atoms with Gasteiger partial charge in [-0.25, -0.2) is 9.97 Å². The van der Waals surface area contributed by atoms with Crippen LogP contribution >= 0.6 is 0 Å². The first-order chi connectivity index (χ1) is 13.7. The van der Waals surface area contributed by atoms with Gasteiger partial charge in [-0.1, -0.05) is 6.92 Å². The molecule has 148 valence electrons. The molecule has 0 aliphatic rings. The van der Waals surface area contributed by atoms with Gasteiger partial charge in [-0.2, -0.15) is 9.78 Å². The van der Waals surface area contributed by atoms with E-state index in [1.165, 1.54) is 10.9 Å². The molecular weight excluding hydrogens is 362 g/mol. The number of ether oxygens (including phenoxy) is 2. The molecule has 3 aromatic rings. The Kier molecular flexibility index (Phi) is 6.51. The predicted molar refractivity (Wildman–Crippen MR) is 101 cm³/mol. The number of methoxy groups -OCH3 is 2. The Morgan fingerprint density at radius 3 is 2.86 bits per heavy atom. The van der Waals surface area contributed by atoms with E-state index in [9.17, 15) is 4.79 Å². The van der Waals surface area contributed by atoms with Gasteiger partial charge in [0.1, 0.15) is 5.69 Å². The highest BCUT2D eigenvalue weighted by atomic mass is 16.5. The molecule has 0 radical (unpaired) electrons. The number of hydrogen-bond donors (Lipinski definition) is 1. The fourth-order valence-corrected chi connectivity index (χ4v) is 2.75. The zero-order valence-electron chi connectivity index (χ0n) is 16.1. The van der Waals surface area contributed by atoms with E-state index >= 15 is 0 Å². The summed E-state index contributed by atoms with van der Waals surface area (Å²) in [5.41, 5.74) is 1.58. The van der Waals surface area contributed by atoms with Crippen LogP contribution in [-0.2, 0) is 16.1 Å². The van der Waals surface area contributed by atoms with Gasteiger partial charge in [-0.05, 0) is 24.6 Å². The molecule has 0 saturated heterocycles. The molecular formula is C19H23N5O4. The molecule has 1 amide bonds. The van der Waals surface area contributed by atoms with Crippen LogP contribution in [0.15, 0.2) is 41.3 Å². The summed E-state index contributed by atoms with van der Waals surface area (Å²) >= 11 is 0.